The van der Waals surface area contributed by atoms with Crippen LogP contribution in [-0.4, -0.2) is 29.1 Å². The maximum Gasteiger partial charge on any atom is 0.309 e. The fraction of sp³-hybridized carbons (Fsp3) is 0.727. The maximum absolute atomic E-state index is 13.9. The Balaban J connectivity index is 1.17. The first kappa shape index (κ1) is 27.3. The lowest BCUT2D eigenvalue weighted by Crippen LogP contribution is -2.51. The molecule has 1 aromatic rings. The number of halogens is 1. The van der Waals surface area contributed by atoms with Crippen LogP contribution in [0.1, 0.15) is 109 Å². The number of carbonyl (C=O) groups excluding carboxylic acids is 2. The molecule has 5 nitrogen and oxygen atoms in total. The number of rotatable bonds is 4. The van der Waals surface area contributed by atoms with Crippen molar-refractivity contribution in [2.75, 3.05) is 0 Å². The van der Waals surface area contributed by atoms with Gasteiger partial charge in [-0.25, -0.2) is 0 Å². The lowest BCUT2D eigenvalue weighted by Gasteiger charge is -2.58. The van der Waals surface area contributed by atoms with E-state index in [1.165, 1.54) is 18.9 Å². The Hall–Kier alpha value is -1.88. The van der Waals surface area contributed by atoms with Gasteiger partial charge in [0, 0.05) is 36.2 Å². The molecular formula is C33H44ClNO4. The molecule has 4 fully saturated rings. The second kappa shape index (κ2) is 10.5. The van der Waals surface area contributed by atoms with E-state index in [0.29, 0.717) is 22.8 Å². The summed E-state index contributed by atoms with van der Waals surface area (Å²) < 4.78 is 12.0. The molecule has 6 heteroatoms. The number of hydrogen-bond donors (Lipinski definition) is 0. The molecule has 0 N–H and O–H groups in total. The monoisotopic (exact) mass is 553 g/mol. The van der Waals surface area contributed by atoms with Crippen LogP contribution >= 0.6 is 11.6 Å². The number of pyridine rings is 1. The summed E-state index contributed by atoms with van der Waals surface area (Å²) >= 11 is 6.28. The highest BCUT2D eigenvalue weighted by molar-refractivity contribution is 6.30. The fourth-order valence-corrected chi connectivity index (χ4v) is 9.95. The maximum atomic E-state index is 13.9. The third-order valence-electron chi connectivity index (χ3n) is 11.8. The largest absolute Gasteiger partial charge is 0.462 e. The molecular weight excluding hydrogens is 510 g/mol. The first-order valence-corrected chi connectivity index (χ1v) is 15.8. The highest BCUT2D eigenvalue weighted by atomic mass is 35.5. The highest BCUT2D eigenvalue weighted by Crippen LogP contribution is 2.66. The number of esters is 2. The first-order chi connectivity index (χ1) is 18.7. The normalized spacial score (nSPS) is 41.4. The Morgan fingerprint density at radius 1 is 1.00 bits per heavy atom. The Kier molecular flexibility index (Phi) is 7.35. The van der Waals surface area contributed by atoms with Gasteiger partial charge in [-0.3, -0.25) is 14.6 Å². The first-order valence-electron chi connectivity index (χ1n) is 15.4. The van der Waals surface area contributed by atoms with Crippen molar-refractivity contribution in [1.29, 1.82) is 0 Å². The van der Waals surface area contributed by atoms with E-state index < -0.39 is 0 Å². The van der Waals surface area contributed by atoms with Crippen LogP contribution in [0.2, 0.25) is 5.02 Å². The molecule has 0 saturated heterocycles. The van der Waals surface area contributed by atoms with E-state index in [2.05, 4.69) is 24.9 Å². The van der Waals surface area contributed by atoms with Gasteiger partial charge in [-0.05, 0) is 105 Å². The summed E-state index contributed by atoms with van der Waals surface area (Å²) in [7, 11) is 0. The lowest BCUT2D eigenvalue weighted by molar-refractivity contribution is -0.164. The van der Waals surface area contributed by atoms with E-state index in [0.717, 1.165) is 76.3 Å². The molecule has 0 unspecified atom stereocenters. The second-order valence-electron chi connectivity index (χ2n) is 13.7. The summed E-state index contributed by atoms with van der Waals surface area (Å²) in [6.45, 7) is 6.38. The van der Waals surface area contributed by atoms with Gasteiger partial charge in [0.2, 0.25) is 0 Å². The molecule has 5 aliphatic carbocycles. The summed E-state index contributed by atoms with van der Waals surface area (Å²) in [6.07, 6.45) is 16.7. The van der Waals surface area contributed by atoms with Crippen molar-refractivity contribution >= 4 is 23.5 Å². The van der Waals surface area contributed by atoms with Gasteiger partial charge in [-0.15, -0.1) is 0 Å². The second-order valence-corrected chi connectivity index (χ2v) is 14.1. The molecule has 0 amide bonds. The molecule has 0 aliphatic heterocycles. The van der Waals surface area contributed by atoms with Crippen molar-refractivity contribution < 1.29 is 19.1 Å². The molecule has 1 heterocycles. The predicted molar refractivity (Wildman–Crippen MR) is 151 cm³/mol. The van der Waals surface area contributed by atoms with Gasteiger partial charge in [-0.2, -0.15) is 0 Å². The third kappa shape index (κ3) is 4.85. The van der Waals surface area contributed by atoms with Gasteiger partial charge in [0.15, 0.2) is 0 Å². The minimum Gasteiger partial charge on any atom is -0.462 e. The lowest BCUT2D eigenvalue weighted by atomic mass is 9.47. The van der Waals surface area contributed by atoms with Crippen molar-refractivity contribution in [3.8, 4) is 0 Å². The van der Waals surface area contributed by atoms with Crippen LogP contribution in [0.3, 0.4) is 0 Å². The zero-order valence-electron chi connectivity index (χ0n) is 23.8. The smallest absolute Gasteiger partial charge is 0.309 e. The van der Waals surface area contributed by atoms with Crippen LogP contribution in [-0.2, 0) is 19.1 Å². The van der Waals surface area contributed by atoms with Crippen molar-refractivity contribution in [3.63, 3.8) is 0 Å². The summed E-state index contributed by atoms with van der Waals surface area (Å²) in [4.78, 5) is 30.0. The van der Waals surface area contributed by atoms with Crippen LogP contribution in [0, 0.1) is 34.5 Å². The van der Waals surface area contributed by atoms with E-state index in [9.17, 15) is 9.59 Å². The summed E-state index contributed by atoms with van der Waals surface area (Å²) in [5.41, 5.74) is 2.67. The predicted octanol–water partition coefficient (Wildman–Crippen LogP) is 7.82. The van der Waals surface area contributed by atoms with Crippen LogP contribution in [0.4, 0.5) is 0 Å². The SMILES string of the molecule is CC(=O)O[C@H]1CC[C@@]2(C)C(=CC[C@H]3[C@@H]4CC[C@H](C(=O)O[C@@H]5CCCC[C@H]5c5cc(Cl)ccn5)[C@@]4(C)CC[C@@H]32)C1. The number of carbonyl (C=O) groups is 2. The number of hydrogen-bond acceptors (Lipinski definition) is 5. The van der Waals surface area contributed by atoms with Gasteiger partial charge >= 0.3 is 11.9 Å². The summed E-state index contributed by atoms with van der Waals surface area (Å²) in [5.74, 6) is 1.81. The highest BCUT2D eigenvalue weighted by Gasteiger charge is 2.60. The number of allylic oxidation sites excluding steroid dienone is 1. The van der Waals surface area contributed by atoms with E-state index in [4.69, 9.17) is 21.1 Å². The Labute approximate surface area is 238 Å². The van der Waals surface area contributed by atoms with Crippen LogP contribution < -0.4 is 0 Å². The fourth-order valence-electron chi connectivity index (χ4n) is 9.78. The van der Waals surface area contributed by atoms with Crippen molar-refractivity contribution in [1.82, 2.24) is 4.98 Å². The molecule has 39 heavy (non-hydrogen) atoms. The van der Waals surface area contributed by atoms with Gasteiger partial charge in [0.25, 0.3) is 0 Å². The third-order valence-corrected chi connectivity index (χ3v) is 12.0. The van der Waals surface area contributed by atoms with E-state index in [-0.39, 0.29) is 46.8 Å². The molecule has 5 aliphatic rings. The molecule has 0 radical (unpaired) electrons. The molecule has 0 bridgehead atoms. The molecule has 0 aromatic carbocycles. The number of ether oxygens (including phenoxy) is 2. The Bertz CT molecular complexity index is 1150. The molecule has 6 rings (SSSR count). The average Bonchev–Trinajstić information content (AvgIpc) is 3.26. The minimum absolute atomic E-state index is 0.00731. The van der Waals surface area contributed by atoms with E-state index >= 15 is 0 Å². The standard InChI is InChI=1S/C33H44ClNO4/c1-20(36)38-23-12-15-32(2)21(18-23)8-9-24-26-10-11-28(33(26,3)16-13-27(24)32)31(37)39-30-7-5-4-6-25(30)29-19-22(34)14-17-35-29/h8,14,17,19,23-28,30H,4-7,9-13,15-16,18H2,1-3H3/t23-,24-,25-,26-,27-,28+,30+,32-,33-/m0/s1. The van der Waals surface area contributed by atoms with Gasteiger partial charge in [0.1, 0.15) is 12.2 Å². The van der Waals surface area contributed by atoms with Crippen LogP contribution in [0.5, 0.6) is 0 Å². The molecule has 0 spiro atoms. The molecule has 4 saturated carbocycles. The summed E-state index contributed by atoms with van der Waals surface area (Å²) in [5, 5.41) is 0.691. The van der Waals surface area contributed by atoms with E-state index in [1.807, 2.05) is 6.07 Å². The number of fused-ring (bicyclic) bond motifs is 5. The zero-order valence-corrected chi connectivity index (χ0v) is 24.6. The van der Waals surface area contributed by atoms with Gasteiger partial charge in [-0.1, -0.05) is 43.5 Å². The van der Waals surface area contributed by atoms with Gasteiger partial charge in [0.05, 0.1) is 5.92 Å². The van der Waals surface area contributed by atoms with Crippen molar-refractivity contribution in [2.24, 2.45) is 34.5 Å². The Morgan fingerprint density at radius 2 is 1.82 bits per heavy atom. The topological polar surface area (TPSA) is 65.5 Å². The van der Waals surface area contributed by atoms with Crippen molar-refractivity contribution in [2.45, 2.75) is 116 Å². The zero-order chi connectivity index (χ0) is 27.4. The van der Waals surface area contributed by atoms with Gasteiger partial charge < -0.3 is 9.47 Å². The van der Waals surface area contributed by atoms with E-state index in [1.54, 1.807) is 12.3 Å². The molecule has 9 atom stereocenters. The average molecular weight is 554 g/mol. The Morgan fingerprint density at radius 3 is 2.62 bits per heavy atom. The van der Waals surface area contributed by atoms with Crippen LogP contribution in [0.15, 0.2) is 30.0 Å². The summed E-state index contributed by atoms with van der Waals surface area (Å²) in [6, 6.07) is 3.75. The van der Waals surface area contributed by atoms with Crippen molar-refractivity contribution in [3.05, 3.63) is 40.7 Å². The molecule has 212 valence electrons. The minimum atomic E-state index is -0.168. The van der Waals surface area contributed by atoms with Crippen LogP contribution in [0.25, 0.3) is 0 Å². The number of nitrogens with zero attached hydrogens (tertiary/aromatic N) is 1. The number of aromatic nitrogens is 1. The quantitative estimate of drug-likeness (QED) is 0.281. The molecule has 1 aromatic heterocycles.